The van der Waals surface area contributed by atoms with Crippen molar-refractivity contribution in [3.8, 4) is 5.88 Å². The number of aliphatic hydroxyl groups is 1. The zero-order chi connectivity index (χ0) is 24.1. The van der Waals surface area contributed by atoms with E-state index in [0.717, 1.165) is 23.1 Å². The molecule has 10 nitrogen and oxygen atoms in total. The van der Waals surface area contributed by atoms with Crippen molar-refractivity contribution in [1.82, 2.24) is 25.2 Å². The molecule has 33 heavy (non-hydrogen) atoms. The van der Waals surface area contributed by atoms with Gasteiger partial charge in [-0.15, -0.1) is 0 Å². The highest BCUT2D eigenvalue weighted by Crippen LogP contribution is 2.30. The molecule has 0 radical (unpaired) electrons. The molecule has 0 fully saturated rings. The van der Waals surface area contributed by atoms with E-state index in [9.17, 15) is 9.90 Å². The van der Waals surface area contributed by atoms with Crippen molar-refractivity contribution in [3.05, 3.63) is 34.6 Å². The lowest BCUT2D eigenvalue weighted by Gasteiger charge is -2.25. The van der Waals surface area contributed by atoms with Crippen LogP contribution in [0.15, 0.2) is 18.2 Å². The van der Waals surface area contributed by atoms with Crippen LogP contribution in [0.25, 0.3) is 11.0 Å². The van der Waals surface area contributed by atoms with Crippen LogP contribution in [-0.4, -0.2) is 50.6 Å². The van der Waals surface area contributed by atoms with Crippen molar-refractivity contribution in [3.63, 3.8) is 0 Å². The van der Waals surface area contributed by atoms with Gasteiger partial charge in [-0.1, -0.05) is 32.4 Å². The van der Waals surface area contributed by atoms with Gasteiger partial charge in [-0.2, -0.15) is 5.10 Å². The van der Waals surface area contributed by atoms with Crippen LogP contribution in [0.3, 0.4) is 0 Å². The summed E-state index contributed by atoms with van der Waals surface area (Å²) >= 11 is 6.06. The zero-order valence-corrected chi connectivity index (χ0v) is 20.3. The van der Waals surface area contributed by atoms with Crippen LogP contribution in [0.5, 0.6) is 5.88 Å². The van der Waals surface area contributed by atoms with E-state index in [1.54, 1.807) is 10.7 Å². The molecule has 0 bridgehead atoms. The summed E-state index contributed by atoms with van der Waals surface area (Å²) in [5, 5.41) is 19.5. The molecular formula is C22H30ClN7O3. The second-order valence-electron chi connectivity index (χ2n) is 7.94. The van der Waals surface area contributed by atoms with Gasteiger partial charge in [-0.05, 0) is 37.0 Å². The molecule has 3 rings (SSSR count). The molecule has 178 valence electrons. The van der Waals surface area contributed by atoms with E-state index in [1.807, 2.05) is 27.0 Å². The Kier molecular flexibility index (Phi) is 7.93. The normalized spacial score (nSPS) is 11.2. The fourth-order valence-electron chi connectivity index (χ4n) is 3.49. The van der Waals surface area contributed by atoms with Gasteiger partial charge in [0.2, 0.25) is 5.88 Å². The number of pyridine rings is 2. The number of amides is 2. The first-order valence-electron chi connectivity index (χ1n) is 10.8. The number of hydrazine groups is 1. The van der Waals surface area contributed by atoms with Crippen molar-refractivity contribution in [2.24, 2.45) is 7.05 Å². The maximum Gasteiger partial charge on any atom is 0.338 e. The summed E-state index contributed by atoms with van der Waals surface area (Å²) in [5.41, 5.74) is 5.84. The number of ether oxygens (including phenoxy) is 1. The van der Waals surface area contributed by atoms with Crippen molar-refractivity contribution < 1.29 is 14.6 Å². The Morgan fingerprint density at radius 1 is 1.30 bits per heavy atom. The van der Waals surface area contributed by atoms with Gasteiger partial charge in [0.05, 0.1) is 31.1 Å². The maximum atomic E-state index is 12.8. The fraction of sp³-hybridized carbons (Fsp3) is 0.455. The fourth-order valence-corrected chi connectivity index (χ4v) is 3.69. The predicted molar refractivity (Wildman–Crippen MR) is 129 cm³/mol. The number of aryl methyl sites for hydroxylation is 2. The van der Waals surface area contributed by atoms with Crippen molar-refractivity contribution in [2.45, 2.75) is 40.0 Å². The molecule has 0 aliphatic rings. The smallest absolute Gasteiger partial charge is 0.338 e. The number of rotatable bonds is 9. The van der Waals surface area contributed by atoms with Crippen molar-refractivity contribution in [2.75, 3.05) is 30.1 Å². The van der Waals surface area contributed by atoms with Gasteiger partial charge < -0.3 is 15.2 Å². The number of carbonyl (C=O) groups is 1. The highest BCUT2D eigenvalue weighted by atomic mass is 35.5. The monoisotopic (exact) mass is 475 g/mol. The molecule has 2 amide bonds. The molecule has 3 aromatic rings. The second kappa shape index (κ2) is 10.7. The lowest BCUT2D eigenvalue weighted by Crippen LogP contribution is -2.46. The van der Waals surface area contributed by atoms with Crippen LogP contribution in [0, 0.1) is 6.92 Å². The molecule has 3 N–H and O–H groups in total. The Morgan fingerprint density at radius 3 is 2.73 bits per heavy atom. The quantitative estimate of drug-likeness (QED) is 0.318. The Labute approximate surface area is 197 Å². The van der Waals surface area contributed by atoms with Crippen LogP contribution in [-0.2, 0) is 7.05 Å². The first-order chi connectivity index (χ1) is 15.7. The minimum absolute atomic E-state index is 0.141. The van der Waals surface area contributed by atoms with Crippen LogP contribution in [0.4, 0.5) is 16.3 Å². The third-order valence-electron chi connectivity index (χ3n) is 4.93. The molecule has 11 heteroatoms. The van der Waals surface area contributed by atoms with E-state index in [4.69, 9.17) is 21.3 Å². The number of anilines is 2. The number of halogens is 1. The molecule has 0 atom stereocenters. The number of nitrogens with one attached hydrogen (secondary N) is 2. The molecule has 0 aliphatic heterocycles. The Morgan fingerprint density at radius 2 is 2.06 bits per heavy atom. The first-order valence-corrected chi connectivity index (χ1v) is 11.2. The minimum Gasteiger partial charge on any atom is -0.478 e. The Hall–Kier alpha value is -3.11. The van der Waals surface area contributed by atoms with Crippen LogP contribution < -0.4 is 20.5 Å². The lowest BCUT2D eigenvalue weighted by atomic mass is 10.00. The summed E-state index contributed by atoms with van der Waals surface area (Å²) in [4.78, 5) is 21.6. The number of hydrogen-bond donors (Lipinski definition) is 3. The first kappa shape index (κ1) is 24.5. The zero-order valence-electron chi connectivity index (χ0n) is 19.5. The Bertz CT molecular complexity index is 1130. The number of aliphatic hydroxyl groups excluding tert-OH is 1. The number of aromatic nitrogens is 4. The highest BCUT2D eigenvalue weighted by molar-refractivity contribution is 6.29. The van der Waals surface area contributed by atoms with E-state index in [1.165, 1.54) is 11.1 Å². The third-order valence-corrected chi connectivity index (χ3v) is 5.12. The van der Waals surface area contributed by atoms with E-state index < -0.39 is 6.03 Å². The molecule has 3 heterocycles. The number of urea groups is 1. The van der Waals surface area contributed by atoms with E-state index >= 15 is 0 Å². The van der Waals surface area contributed by atoms with Gasteiger partial charge >= 0.3 is 6.03 Å². The standard InChI is InChI=1S/C22H30ClN7O3/c1-6-9-33-19-11-15(10-17(23)25-19)24-22(32)28-30(7-8-31)18-12-16(13(2)3)20-14(4)27-29(5)21(20)26-18/h10-13,31H,6-9H2,1-5H3,(H2,24,25,28,32). The SMILES string of the molecule is CCCOc1cc(NC(=O)NN(CCO)c2cc(C(C)C)c3c(C)nn(C)c3n2)cc(Cl)n1. The van der Waals surface area contributed by atoms with Gasteiger partial charge in [0.15, 0.2) is 5.65 Å². The molecule has 0 unspecified atom stereocenters. The summed E-state index contributed by atoms with van der Waals surface area (Å²) in [6.45, 7) is 8.56. The average molecular weight is 476 g/mol. The molecule has 0 aromatic carbocycles. The topological polar surface area (TPSA) is 117 Å². The van der Waals surface area contributed by atoms with Crippen molar-refractivity contribution in [1.29, 1.82) is 0 Å². The molecule has 3 aromatic heterocycles. The molecule has 0 saturated carbocycles. The minimum atomic E-state index is -0.527. The van der Waals surface area contributed by atoms with E-state index in [-0.39, 0.29) is 24.2 Å². The van der Waals surface area contributed by atoms with E-state index in [2.05, 4.69) is 34.7 Å². The predicted octanol–water partition coefficient (Wildman–Crippen LogP) is 3.77. The van der Waals surface area contributed by atoms with Gasteiger partial charge in [0.1, 0.15) is 11.0 Å². The Balaban J connectivity index is 1.87. The van der Waals surface area contributed by atoms with Gasteiger partial charge in [-0.3, -0.25) is 9.69 Å². The number of hydrogen-bond acceptors (Lipinski definition) is 7. The van der Waals surface area contributed by atoms with Gasteiger partial charge in [0, 0.05) is 18.5 Å². The summed E-state index contributed by atoms with van der Waals surface area (Å²) in [6, 6.07) is 4.51. The summed E-state index contributed by atoms with van der Waals surface area (Å²) < 4.78 is 7.22. The summed E-state index contributed by atoms with van der Waals surface area (Å²) in [5.74, 6) is 1.03. The number of nitrogens with zero attached hydrogens (tertiary/aromatic N) is 5. The van der Waals surface area contributed by atoms with Gasteiger partial charge in [-0.25, -0.2) is 20.2 Å². The van der Waals surface area contributed by atoms with Crippen LogP contribution in [0.2, 0.25) is 5.15 Å². The van der Waals surface area contributed by atoms with E-state index in [0.29, 0.717) is 29.6 Å². The summed E-state index contributed by atoms with van der Waals surface area (Å²) in [7, 11) is 1.83. The average Bonchev–Trinajstić information content (AvgIpc) is 3.04. The third kappa shape index (κ3) is 5.82. The van der Waals surface area contributed by atoms with Crippen molar-refractivity contribution >= 4 is 40.2 Å². The largest absolute Gasteiger partial charge is 0.478 e. The number of carbonyl (C=O) groups excluding carboxylic acids is 1. The van der Waals surface area contributed by atoms with Gasteiger partial charge in [0.25, 0.3) is 0 Å². The number of fused-ring (bicyclic) bond motifs is 1. The molecular weight excluding hydrogens is 446 g/mol. The highest BCUT2D eigenvalue weighted by Gasteiger charge is 2.20. The lowest BCUT2D eigenvalue weighted by molar-refractivity contribution is 0.248. The maximum absolute atomic E-state index is 12.8. The van der Waals surface area contributed by atoms with Crippen LogP contribution in [0.1, 0.15) is 44.4 Å². The molecule has 0 saturated heterocycles. The molecule has 0 spiro atoms. The van der Waals surface area contributed by atoms with Crippen LogP contribution >= 0.6 is 11.6 Å². The summed E-state index contributed by atoms with van der Waals surface area (Å²) in [6.07, 6.45) is 0.819. The molecule has 0 aliphatic carbocycles. The second-order valence-corrected chi connectivity index (χ2v) is 8.33.